The van der Waals surface area contributed by atoms with Gasteiger partial charge in [0.25, 0.3) is 0 Å². The molecule has 0 bridgehead atoms. The Morgan fingerprint density at radius 1 is 1.13 bits per heavy atom. The van der Waals surface area contributed by atoms with Crippen molar-refractivity contribution >= 4 is 8.32 Å². The maximum absolute atomic E-state index is 5.45. The van der Waals surface area contributed by atoms with E-state index < -0.39 is 8.32 Å². The lowest BCUT2D eigenvalue weighted by Gasteiger charge is -2.18. The number of hydrogen-bond acceptors (Lipinski definition) is 2. The maximum Gasteiger partial charge on any atom is 0.224 e. The molecule has 15 heavy (non-hydrogen) atoms. The Morgan fingerprint density at radius 2 is 1.87 bits per heavy atom. The fourth-order valence-electron chi connectivity index (χ4n) is 1.13. The predicted molar refractivity (Wildman–Crippen MR) is 68.3 cm³/mol. The van der Waals surface area contributed by atoms with Crippen molar-refractivity contribution in [2.45, 2.75) is 52.1 Å². The van der Waals surface area contributed by atoms with Crippen LogP contribution in [0.2, 0.25) is 13.1 Å². The van der Waals surface area contributed by atoms with Crippen LogP contribution >= 0.6 is 0 Å². The number of rotatable bonds is 9. The zero-order valence-corrected chi connectivity index (χ0v) is 11.7. The molecule has 0 aromatic rings. The molecule has 0 aliphatic rings. The fraction of sp³-hybridized carbons (Fsp3) is 0.833. The molecule has 0 saturated carbocycles. The minimum absolute atomic E-state index is 0.745. The van der Waals surface area contributed by atoms with Crippen molar-refractivity contribution < 1.29 is 9.16 Å². The molecule has 0 unspecified atom stereocenters. The highest BCUT2D eigenvalue weighted by Crippen LogP contribution is 2.05. The molecule has 0 N–H and O–H groups in total. The molecule has 0 amide bonds. The van der Waals surface area contributed by atoms with Crippen LogP contribution in [-0.4, -0.2) is 21.7 Å². The van der Waals surface area contributed by atoms with E-state index in [0.29, 0.717) is 0 Å². The zero-order chi connectivity index (χ0) is 11.6. The lowest BCUT2D eigenvalue weighted by molar-refractivity contribution is 0.268. The first kappa shape index (κ1) is 14.7. The Balaban J connectivity index is 3.31. The van der Waals surface area contributed by atoms with Crippen LogP contribution in [0.3, 0.4) is 0 Å². The molecule has 0 fully saturated rings. The monoisotopic (exact) mass is 230 g/mol. The summed E-state index contributed by atoms with van der Waals surface area (Å²) in [5, 5.41) is 0. The second-order valence-corrected chi connectivity index (χ2v) is 8.71. The van der Waals surface area contributed by atoms with Crippen LogP contribution in [-0.2, 0) is 9.16 Å². The Morgan fingerprint density at radius 3 is 2.47 bits per heavy atom. The summed E-state index contributed by atoms with van der Waals surface area (Å²) < 4.78 is 10.8. The minimum atomic E-state index is -1.53. The second kappa shape index (κ2) is 8.98. The maximum atomic E-state index is 5.45. The van der Waals surface area contributed by atoms with Gasteiger partial charge in [0.2, 0.25) is 8.32 Å². The first-order valence-electron chi connectivity index (χ1n) is 5.94. The van der Waals surface area contributed by atoms with Crippen LogP contribution in [0, 0.1) is 0 Å². The fourth-order valence-corrected chi connectivity index (χ4v) is 1.75. The van der Waals surface area contributed by atoms with Gasteiger partial charge in [0.05, 0.1) is 6.26 Å². The van der Waals surface area contributed by atoms with E-state index in [4.69, 9.17) is 9.16 Å². The molecule has 2 nitrogen and oxygen atoms in total. The summed E-state index contributed by atoms with van der Waals surface area (Å²) >= 11 is 0. The SMILES string of the molecule is CCCCCCC=COC[Si](C)(C)OC. The number of ether oxygens (including phenoxy) is 1. The third kappa shape index (κ3) is 10.0. The minimum Gasteiger partial charge on any atom is -0.502 e. The molecule has 0 aliphatic heterocycles. The topological polar surface area (TPSA) is 18.5 Å². The van der Waals surface area contributed by atoms with Crippen molar-refractivity contribution in [3.63, 3.8) is 0 Å². The Labute approximate surface area is 95.8 Å². The Hall–Kier alpha value is -0.283. The summed E-state index contributed by atoms with van der Waals surface area (Å²) in [7, 11) is 0.236. The van der Waals surface area contributed by atoms with Gasteiger partial charge in [-0.15, -0.1) is 0 Å². The van der Waals surface area contributed by atoms with E-state index in [2.05, 4.69) is 26.1 Å². The van der Waals surface area contributed by atoms with Crippen LogP contribution in [0.1, 0.15) is 39.0 Å². The van der Waals surface area contributed by atoms with Gasteiger partial charge in [0, 0.05) is 7.11 Å². The van der Waals surface area contributed by atoms with Crippen molar-refractivity contribution in [3.05, 3.63) is 12.3 Å². The van der Waals surface area contributed by atoms with Gasteiger partial charge < -0.3 is 9.16 Å². The lowest BCUT2D eigenvalue weighted by Crippen LogP contribution is -2.34. The van der Waals surface area contributed by atoms with Gasteiger partial charge in [-0.2, -0.15) is 0 Å². The zero-order valence-electron chi connectivity index (χ0n) is 10.7. The smallest absolute Gasteiger partial charge is 0.224 e. The standard InChI is InChI=1S/C12H26O2Si/c1-5-6-7-8-9-10-11-14-12-15(3,4)13-2/h10-11H,5-9,12H2,1-4H3. The molecule has 0 spiro atoms. The van der Waals surface area contributed by atoms with Crippen molar-refractivity contribution in [3.8, 4) is 0 Å². The quantitative estimate of drug-likeness (QED) is 0.340. The van der Waals surface area contributed by atoms with Crippen LogP contribution in [0.15, 0.2) is 12.3 Å². The van der Waals surface area contributed by atoms with E-state index in [1.54, 1.807) is 7.11 Å². The van der Waals surface area contributed by atoms with Crippen molar-refractivity contribution in [2.24, 2.45) is 0 Å². The number of hydrogen-bond donors (Lipinski definition) is 0. The summed E-state index contributed by atoms with van der Waals surface area (Å²) in [5.74, 6) is 0. The van der Waals surface area contributed by atoms with Crippen molar-refractivity contribution in [1.82, 2.24) is 0 Å². The van der Waals surface area contributed by atoms with Gasteiger partial charge in [0.15, 0.2) is 0 Å². The number of unbranched alkanes of at least 4 members (excludes halogenated alkanes) is 4. The van der Waals surface area contributed by atoms with E-state index in [-0.39, 0.29) is 0 Å². The summed E-state index contributed by atoms with van der Waals surface area (Å²) in [5.41, 5.74) is 0. The molecule has 0 aromatic heterocycles. The normalized spacial score (nSPS) is 12.3. The van der Waals surface area contributed by atoms with Crippen LogP contribution in [0.25, 0.3) is 0 Å². The van der Waals surface area contributed by atoms with E-state index in [9.17, 15) is 0 Å². The number of allylic oxidation sites excluding steroid dienone is 1. The summed E-state index contributed by atoms with van der Waals surface area (Å²) in [6.45, 7) is 6.54. The molecule has 3 heteroatoms. The molecule has 0 radical (unpaired) electrons. The largest absolute Gasteiger partial charge is 0.502 e. The van der Waals surface area contributed by atoms with Crippen LogP contribution in [0.4, 0.5) is 0 Å². The molecule has 0 aromatic carbocycles. The first-order valence-corrected chi connectivity index (χ1v) is 9.05. The molecule has 0 atom stereocenters. The van der Waals surface area contributed by atoms with Gasteiger partial charge in [-0.3, -0.25) is 0 Å². The van der Waals surface area contributed by atoms with Crippen molar-refractivity contribution in [2.75, 3.05) is 13.3 Å². The molecule has 0 aliphatic carbocycles. The molecule has 0 saturated heterocycles. The molecule has 0 rings (SSSR count). The van der Waals surface area contributed by atoms with Crippen molar-refractivity contribution in [1.29, 1.82) is 0 Å². The molecule has 0 heterocycles. The van der Waals surface area contributed by atoms with E-state index in [1.165, 1.54) is 25.7 Å². The molecular formula is C12H26O2Si. The summed E-state index contributed by atoms with van der Waals surface area (Å²) in [6.07, 6.45) is 11.1. The average molecular weight is 230 g/mol. The van der Waals surface area contributed by atoms with E-state index >= 15 is 0 Å². The Bertz CT molecular complexity index is 167. The summed E-state index contributed by atoms with van der Waals surface area (Å²) in [4.78, 5) is 0. The van der Waals surface area contributed by atoms with Gasteiger partial charge in [-0.25, -0.2) is 0 Å². The van der Waals surface area contributed by atoms with E-state index in [0.717, 1.165) is 12.7 Å². The van der Waals surface area contributed by atoms with Gasteiger partial charge in [-0.05, 0) is 32.0 Å². The summed E-state index contributed by atoms with van der Waals surface area (Å²) in [6, 6.07) is 0. The highest BCUT2D eigenvalue weighted by atomic mass is 28.4. The van der Waals surface area contributed by atoms with Crippen LogP contribution in [0.5, 0.6) is 0 Å². The third-order valence-electron chi connectivity index (χ3n) is 2.40. The highest BCUT2D eigenvalue weighted by Gasteiger charge is 2.20. The first-order chi connectivity index (χ1) is 7.12. The van der Waals surface area contributed by atoms with Gasteiger partial charge >= 0.3 is 0 Å². The average Bonchev–Trinajstić information content (AvgIpc) is 2.22. The van der Waals surface area contributed by atoms with Gasteiger partial charge in [-0.1, -0.05) is 26.2 Å². The molecular weight excluding hydrogens is 204 g/mol. The highest BCUT2D eigenvalue weighted by molar-refractivity contribution is 6.71. The van der Waals surface area contributed by atoms with E-state index in [1.807, 2.05) is 6.26 Å². The third-order valence-corrected chi connectivity index (χ3v) is 4.37. The predicted octanol–water partition coefficient (Wildman–Crippen LogP) is 3.88. The second-order valence-electron chi connectivity index (χ2n) is 4.50. The lowest BCUT2D eigenvalue weighted by atomic mass is 10.2. The van der Waals surface area contributed by atoms with Gasteiger partial charge in [0.1, 0.15) is 6.23 Å². The molecule has 90 valence electrons. The Kier molecular flexibility index (Phi) is 8.81. The van der Waals surface area contributed by atoms with Crippen LogP contribution < -0.4 is 0 Å².